The van der Waals surface area contributed by atoms with Gasteiger partial charge in [0.15, 0.2) is 0 Å². The van der Waals surface area contributed by atoms with E-state index in [9.17, 15) is 4.79 Å². The Morgan fingerprint density at radius 2 is 2.00 bits per heavy atom. The number of amides is 1. The molecule has 0 aliphatic heterocycles. The largest absolute Gasteiger partial charge is 0.388 e. The summed E-state index contributed by atoms with van der Waals surface area (Å²) >= 11 is 0. The maximum absolute atomic E-state index is 12.2. The van der Waals surface area contributed by atoms with E-state index in [0.717, 1.165) is 29.4 Å². The molecule has 1 aromatic heterocycles. The van der Waals surface area contributed by atoms with Gasteiger partial charge in [-0.2, -0.15) is 0 Å². The molecule has 4 nitrogen and oxygen atoms in total. The molecular formula is C17H23N3O. The van der Waals surface area contributed by atoms with Crippen LogP contribution >= 0.6 is 0 Å². The molecule has 21 heavy (non-hydrogen) atoms. The van der Waals surface area contributed by atoms with E-state index in [2.05, 4.69) is 22.5 Å². The third-order valence-electron chi connectivity index (χ3n) is 3.53. The Labute approximate surface area is 126 Å². The van der Waals surface area contributed by atoms with Gasteiger partial charge < -0.3 is 10.6 Å². The van der Waals surface area contributed by atoms with Crippen molar-refractivity contribution in [1.29, 1.82) is 0 Å². The van der Waals surface area contributed by atoms with Gasteiger partial charge in [-0.25, -0.2) is 4.98 Å². The summed E-state index contributed by atoms with van der Waals surface area (Å²) in [6.07, 6.45) is 4.59. The van der Waals surface area contributed by atoms with Gasteiger partial charge in [0, 0.05) is 24.7 Å². The van der Waals surface area contributed by atoms with E-state index in [4.69, 9.17) is 0 Å². The van der Waals surface area contributed by atoms with Crippen molar-refractivity contribution < 1.29 is 4.79 Å². The van der Waals surface area contributed by atoms with Gasteiger partial charge in [-0.3, -0.25) is 4.79 Å². The zero-order chi connectivity index (χ0) is 15.1. The summed E-state index contributed by atoms with van der Waals surface area (Å²) in [5, 5.41) is 7.10. The van der Waals surface area contributed by atoms with Crippen molar-refractivity contribution >= 4 is 22.5 Å². The highest BCUT2D eigenvalue weighted by molar-refractivity contribution is 5.99. The number of hydrogen-bond donors (Lipinski definition) is 2. The van der Waals surface area contributed by atoms with Gasteiger partial charge in [0.1, 0.15) is 5.69 Å². The summed E-state index contributed by atoms with van der Waals surface area (Å²) < 4.78 is 0. The zero-order valence-electron chi connectivity index (χ0n) is 12.8. The standard InChI is InChI=1S/C17H23N3O/c1-3-4-5-8-11-19-17(21)16-12-15(18-2)13-9-6-7-10-14(13)20-16/h6-7,9-10,12H,3-5,8,11H2,1-2H3,(H,18,20)(H,19,21). The second-order valence-electron chi connectivity index (χ2n) is 5.14. The molecule has 2 rings (SSSR count). The first-order valence-electron chi connectivity index (χ1n) is 7.62. The van der Waals surface area contributed by atoms with Crippen LogP contribution in [0.4, 0.5) is 5.69 Å². The van der Waals surface area contributed by atoms with Gasteiger partial charge in [-0.05, 0) is 18.6 Å². The lowest BCUT2D eigenvalue weighted by atomic mass is 10.1. The maximum atomic E-state index is 12.2. The van der Waals surface area contributed by atoms with Gasteiger partial charge in [0.25, 0.3) is 5.91 Å². The molecule has 0 aliphatic rings. The molecular weight excluding hydrogens is 262 g/mol. The third kappa shape index (κ3) is 3.94. The van der Waals surface area contributed by atoms with Crippen molar-refractivity contribution in [2.24, 2.45) is 0 Å². The Bertz CT molecular complexity index is 610. The molecule has 0 unspecified atom stereocenters. The Balaban J connectivity index is 2.09. The number of rotatable bonds is 7. The topological polar surface area (TPSA) is 54.0 Å². The van der Waals surface area contributed by atoms with Crippen LogP contribution in [0.15, 0.2) is 30.3 Å². The highest BCUT2D eigenvalue weighted by Gasteiger charge is 2.10. The van der Waals surface area contributed by atoms with Crippen molar-refractivity contribution in [2.75, 3.05) is 18.9 Å². The number of benzene rings is 1. The average molecular weight is 285 g/mol. The molecule has 0 atom stereocenters. The fourth-order valence-corrected chi connectivity index (χ4v) is 2.34. The lowest BCUT2D eigenvalue weighted by molar-refractivity contribution is 0.0948. The number of hydrogen-bond acceptors (Lipinski definition) is 3. The first-order valence-corrected chi connectivity index (χ1v) is 7.62. The fourth-order valence-electron chi connectivity index (χ4n) is 2.34. The molecule has 0 radical (unpaired) electrons. The molecule has 1 heterocycles. The lowest BCUT2D eigenvalue weighted by Gasteiger charge is -2.09. The average Bonchev–Trinajstić information content (AvgIpc) is 2.53. The van der Waals surface area contributed by atoms with Crippen molar-refractivity contribution in [1.82, 2.24) is 10.3 Å². The Kier molecular flexibility index (Phi) is 5.55. The predicted octanol–water partition coefficient (Wildman–Crippen LogP) is 3.59. The summed E-state index contributed by atoms with van der Waals surface area (Å²) in [4.78, 5) is 16.6. The van der Waals surface area contributed by atoms with Crippen molar-refractivity contribution in [3.8, 4) is 0 Å². The molecule has 0 spiro atoms. The number of unbranched alkanes of at least 4 members (excludes halogenated alkanes) is 3. The third-order valence-corrected chi connectivity index (χ3v) is 3.53. The summed E-state index contributed by atoms with van der Waals surface area (Å²) in [6, 6.07) is 9.64. The highest BCUT2D eigenvalue weighted by Crippen LogP contribution is 2.22. The molecule has 2 aromatic rings. The number of nitrogens with one attached hydrogen (secondary N) is 2. The van der Waals surface area contributed by atoms with Crippen LogP contribution in [0, 0.1) is 0 Å². The minimum atomic E-state index is -0.103. The second-order valence-corrected chi connectivity index (χ2v) is 5.14. The predicted molar refractivity (Wildman–Crippen MR) is 87.8 cm³/mol. The summed E-state index contributed by atoms with van der Waals surface area (Å²) in [6.45, 7) is 2.89. The number of anilines is 1. The summed E-state index contributed by atoms with van der Waals surface area (Å²) in [5.74, 6) is -0.103. The summed E-state index contributed by atoms with van der Waals surface area (Å²) in [5.41, 5.74) is 2.23. The molecule has 0 saturated carbocycles. The van der Waals surface area contributed by atoms with Crippen molar-refractivity contribution in [3.05, 3.63) is 36.0 Å². The quantitative estimate of drug-likeness (QED) is 0.764. The maximum Gasteiger partial charge on any atom is 0.269 e. The normalized spacial score (nSPS) is 10.6. The van der Waals surface area contributed by atoms with Gasteiger partial charge in [-0.15, -0.1) is 0 Å². The van der Waals surface area contributed by atoms with E-state index < -0.39 is 0 Å². The molecule has 2 N–H and O–H groups in total. The molecule has 0 fully saturated rings. The van der Waals surface area contributed by atoms with Crippen molar-refractivity contribution in [3.63, 3.8) is 0 Å². The van der Waals surface area contributed by atoms with Crippen LogP contribution in [-0.4, -0.2) is 24.5 Å². The molecule has 4 heteroatoms. The first kappa shape index (κ1) is 15.3. The summed E-state index contributed by atoms with van der Waals surface area (Å²) in [7, 11) is 1.86. The van der Waals surface area contributed by atoms with Crippen LogP contribution in [-0.2, 0) is 0 Å². The van der Waals surface area contributed by atoms with Gasteiger partial charge in [0.05, 0.1) is 5.52 Å². The highest BCUT2D eigenvalue weighted by atomic mass is 16.1. The monoisotopic (exact) mass is 285 g/mol. The molecule has 0 bridgehead atoms. The van der Waals surface area contributed by atoms with Crippen LogP contribution < -0.4 is 10.6 Å². The number of carbonyl (C=O) groups excluding carboxylic acids is 1. The van der Waals surface area contributed by atoms with Gasteiger partial charge in [-0.1, -0.05) is 44.4 Å². The fraction of sp³-hybridized carbons (Fsp3) is 0.412. The Hall–Kier alpha value is -2.10. The Morgan fingerprint density at radius 1 is 1.19 bits per heavy atom. The van der Waals surface area contributed by atoms with E-state index in [-0.39, 0.29) is 5.91 Å². The zero-order valence-corrected chi connectivity index (χ0v) is 12.8. The SMILES string of the molecule is CCCCCCNC(=O)c1cc(NC)c2ccccc2n1. The van der Waals surface area contributed by atoms with Crippen LogP contribution in [0.5, 0.6) is 0 Å². The second kappa shape index (κ2) is 7.62. The molecule has 0 saturated heterocycles. The van der Waals surface area contributed by atoms with E-state index in [1.807, 2.05) is 37.4 Å². The molecule has 112 valence electrons. The van der Waals surface area contributed by atoms with E-state index in [1.54, 1.807) is 0 Å². The van der Waals surface area contributed by atoms with Crippen LogP contribution in [0.25, 0.3) is 10.9 Å². The number of pyridine rings is 1. The van der Waals surface area contributed by atoms with Gasteiger partial charge in [0.2, 0.25) is 0 Å². The Morgan fingerprint density at radius 3 is 2.76 bits per heavy atom. The number of carbonyl (C=O) groups is 1. The minimum Gasteiger partial charge on any atom is -0.388 e. The van der Waals surface area contributed by atoms with E-state index >= 15 is 0 Å². The minimum absolute atomic E-state index is 0.103. The number of fused-ring (bicyclic) bond motifs is 1. The van der Waals surface area contributed by atoms with Crippen LogP contribution in [0.3, 0.4) is 0 Å². The lowest BCUT2D eigenvalue weighted by Crippen LogP contribution is -2.25. The molecule has 1 amide bonds. The number of para-hydroxylation sites is 1. The van der Waals surface area contributed by atoms with Crippen LogP contribution in [0.1, 0.15) is 43.1 Å². The van der Waals surface area contributed by atoms with Crippen molar-refractivity contribution in [2.45, 2.75) is 32.6 Å². The van der Waals surface area contributed by atoms with Gasteiger partial charge >= 0.3 is 0 Å². The van der Waals surface area contributed by atoms with Crippen LogP contribution in [0.2, 0.25) is 0 Å². The number of aromatic nitrogens is 1. The first-order chi connectivity index (χ1) is 10.3. The smallest absolute Gasteiger partial charge is 0.269 e. The molecule has 0 aliphatic carbocycles. The number of nitrogens with zero attached hydrogens (tertiary/aromatic N) is 1. The van der Waals surface area contributed by atoms with E-state index in [1.165, 1.54) is 12.8 Å². The van der Waals surface area contributed by atoms with E-state index in [0.29, 0.717) is 12.2 Å². The molecule has 1 aromatic carbocycles.